The third-order valence-electron chi connectivity index (χ3n) is 9.24. The molecule has 4 saturated carbocycles. The molecule has 136 valence electrons. The van der Waals surface area contributed by atoms with E-state index in [2.05, 4.69) is 13.8 Å². The Morgan fingerprint density at radius 3 is 2.33 bits per heavy atom. The van der Waals surface area contributed by atoms with Gasteiger partial charge in [0.2, 0.25) is 0 Å². The first-order valence-corrected chi connectivity index (χ1v) is 9.74. The Morgan fingerprint density at radius 2 is 1.62 bits per heavy atom. The number of carbonyl (C=O) groups excluding carboxylic acids is 1. The lowest BCUT2D eigenvalue weighted by Crippen LogP contribution is -2.63. The fourth-order valence-electron chi connectivity index (χ4n) is 7.38. The fourth-order valence-corrected chi connectivity index (χ4v) is 7.38. The first kappa shape index (κ1) is 17.0. The predicted molar refractivity (Wildman–Crippen MR) is 90.1 cm³/mol. The molecular formula is C20H32O4. The molecule has 4 heteroatoms. The van der Waals surface area contributed by atoms with Gasteiger partial charge < -0.3 is 15.3 Å². The number of aliphatic hydroxyl groups is 3. The summed E-state index contributed by atoms with van der Waals surface area (Å²) < 4.78 is 0. The Labute approximate surface area is 144 Å². The van der Waals surface area contributed by atoms with E-state index in [1.807, 2.05) is 6.92 Å². The van der Waals surface area contributed by atoms with Crippen molar-refractivity contribution in [1.29, 1.82) is 0 Å². The normalized spacial score (nSPS) is 60.3. The Hall–Kier alpha value is -0.450. The molecule has 0 amide bonds. The third-order valence-corrected chi connectivity index (χ3v) is 9.24. The first-order chi connectivity index (χ1) is 11.1. The van der Waals surface area contributed by atoms with Gasteiger partial charge in [-0.05, 0) is 74.5 Å². The van der Waals surface area contributed by atoms with Crippen LogP contribution < -0.4 is 0 Å². The minimum atomic E-state index is -1.22. The highest BCUT2D eigenvalue weighted by Crippen LogP contribution is 2.67. The van der Waals surface area contributed by atoms with Gasteiger partial charge in [0.15, 0.2) is 5.78 Å². The molecule has 4 nitrogen and oxygen atoms in total. The molecule has 24 heavy (non-hydrogen) atoms. The Kier molecular flexibility index (Phi) is 3.57. The lowest BCUT2D eigenvalue weighted by atomic mass is 9.43. The van der Waals surface area contributed by atoms with Crippen LogP contribution in [0.3, 0.4) is 0 Å². The van der Waals surface area contributed by atoms with Crippen LogP contribution in [0.5, 0.6) is 0 Å². The van der Waals surface area contributed by atoms with E-state index in [-0.39, 0.29) is 22.5 Å². The largest absolute Gasteiger partial charge is 0.390 e. The molecule has 4 aliphatic carbocycles. The second-order valence-electron chi connectivity index (χ2n) is 9.85. The van der Waals surface area contributed by atoms with Gasteiger partial charge in [-0.3, -0.25) is 4.79 Å². The average Bonchev–Trinajstić information content (AvgIpc) is 2.77. The van der Waals surface area contributed by atoms with Crippen molar-refractivity contribution in [3.05, 3.63) is 0 Å². The van der Waals surface area contributed by atoms with Gasteiger partial charge in [0, 0.05) is 11.8 Å². The van der Waals surface area contributed by atoms with Crippen LogP contribution in [0.15, 0.2) is 0 Å². The minimum Gasteiger partial charge on any atom is -0.390 e. The lowest BCUT2D eigenvalue weighted by molar-refractivity contribution is -0.203. The number of aliphatic hydroxyl groups excluding tert-OH is 2. The van der Waals surface area contributed by atoms with Gasteiger partial charge in [0.1, 0.15) is 6.10 Å². The number of hydrogen-bond donors (Lipinski definition) is 3. The maximum atomic E-state index is 12.0. The van der Waals surface area contributed by atoms with Crippen molar-refractivity contribution in [1.82, 2.24) is 0 Å². The molecule has 0 heterocycles. The average molecular weight is 336 g/mol. The van der Waals surface area contributed by atoms with Crippen LogP contribution >= 0.6 is 0 Å². The molecule has 0 aliphatic heterocycles. The summed E-state index contributed by atoms with van der Waals surface area (Å²) in [6, 6.07) is 0. The molecule has 0 aromatic carbocycles. The molecule has 4 aliphatic rings. The van der Waals surface area contributed by atoms with Gasteiger partial charge >= 0.3 is 0 Å². The van der Waals surface area contributed by atoms with Gasteiger partial charge in [-0.25, -0.2) is 0 Å². The number of fused-ring (bicyclic) bond motifs is 5. The quantitative estimate of drug-likeness (QED) is 0.634. The predicted octanol–water partition coefficient (Wildman–Crippen LogP) is 2.29. The SMILES string of the molecule is CC1(O)CC[C@H]2[C@@H]3CCC4CC(=O)C(O)C(O)[C@]4(C)[C@H]3CC[C@@]21C. The summed E-state index contributed by atoms with van der Waals surface area (Å²) in [7, 11) is 0. The summed E-state index contributed by atoms with van der Waals surface area (Å²) in [5.41, 5.74) is -1.00. The van der Waals surface area contributed by atoms with E-state index < -0.39 is 17.8 Å². The number of ketones is 1. The van der Waals surface area contributed by atoms with Gasteiger partial charge in [0.25, 0.3) is 0 Å². The van der Waals surface area contributed by atoms with E-state index in [9.17, 15) is 20.1 Å². The zero-order valence-electron chi connectivity index (χ0n) is 15.2. The van der Waals surface area contributed by atoms with Crippen molar-refractivity contribution in [2.45, 2.75) is 83.5 Å². The summed E-state index contributed by atoms with van der Waals surface area (Å²) in [6.07, 6.45) is 4.19. The summed E-state index contributed by atoms with van der Waals surface area (Å²) in [5, 5.41) is 32.0. The molecule has 4 unspecified atom stereocenters. The second kappa shape index (κ2) is 5.05. The molecule has 0 radical (unpaired) electrons. The van der Waals surface area contributed by atoms with Crippen molar-refractivity contribution in [2.75, 3.05) is 0 Å². The summed E-state index contributed by atoms with van der Waals surface area (Å²) in [5.74, 6) is 1.34. The minimum absolute atomic E-state index is 0.0363. The number of carbonyl (C=O) groups is 1. The Morgan fingerprint density at radius 1 is 0.958 bits per heavy atom. The molecule has 0 bridgehead atoms. The maximum absolute atomic E-state index is 12.0. The van der Waals surface area contributed by atoms with Crippen LogP contribution in [0, 0.1) is 34.5 Å². The molecule has 4 fully saturated rings. The third kappa shape index (κ3) is 1.88. The molecule has 0 spiro atoms. The zero-order valence-corrected chi connectivity index (χ0v) is 15.2. The second-order valence-corrected chi connectivity index (χ2v) is 9.85. The van der Waals surface area contributed by atoms with Gasteiger partial charge in [-0.15, -0.1) is 0 Å². The molecule has 0 aromatic rings. The topological polar surface area (TPSA) is 77.8 Å². The van der Waals surface area contributed by atoms with Crippen LogP contribution in [0.1, 0.15) is 65.7 Å². The molecule has 3 N–H and O–H groups in total. The lowest BCUT2D eigenvalue weighted by Gasteiger charge is -2.62. The van der Waals surface area contributed by atoms with Crippen LogP contribution in [-0.2, 0) is 4.79 Å². The monoisotopic (exact) mass is 336 g/mol. The van der Waals surface area contributed by atoms with Crippen molar-refractivity contribution in [2.24, 2.45) is 34.5 Å². The first-order valence-electron chi connectivity index (χ1n) is 9.74. The van der Waals surface area contributed by atoms with Crippen LogP contribution in [0.25, 0.3) is 0 Å². The summed E-state index contributed by atoms with van der Waals surface area (Å²) >= 11 is 0. The van der Waals surface area contributed by atoms with E-state index in [0.29, 0.717) is 24.2 Å². The van der Waals surface area contributed by atoms with E-state index in [1.165, 1.54) is 0 Å². The van der Waals surface area contributed by atoms with Gasteiger partial charge in [0.05, 0.1) is 11.7 Å². The highest BCUT2D eigenvalue weighted by atomic mass is 16.3. The van der Waals surface area contributed by atoms with Crippen molar-refractivity contribution in [3.63, 3.8) is 0 Å². The maximum Gasteiger partial charge on any atom is 0.164 e. The highest BCUT2D eigenvalue weighted by Gasteiger charge is 2.65. The summed E-state index contributed by atoms with van der Waals surface area (Å²) in [4.78, 5) is 12.0. The fraction of sp³-hybridized carbons (Fsp3) is 0.950. The van der Waals surface area contributed by atoms with E-state index in [0.717, 1.165) is 38.5 Å². The highest BCUT2D eigenvalue weighted by molar-refractivity contribution is 5.85. The molecule has 0 aromatic heterocycles. The van der Waals surface area contributed by atoms with Crippen molar-refractivity contribution >= 4 is 5.78 Å². The van der Waals surface area contributed by atoms with Crippen LogP contribution in [-0.4, -0.2) is 38.9 Å². The molecular weight excluding hydrogens is 304 g/mol. The van der Waals surface area contributed by atoms with Gasteiger partial charge in [-0.2, -0.15) is 0 Å². The molecule has 9 atom stereocenters. The van der Waals surface area contributed by atoms with E-state index >= 15 is 0 Å². The van der Waals surface area contributed by atoms with Crippen molar-refractivity contribution in [3.8, 4) is 0 Å². The number of rotatable bonds is 0. The Balaban J connectivity index is 1.69. The van der Waals surface area contributed by atoms with Gasteiger partial charge in [-0.1, -0.05) is 13.8 Å². The number of Topliss-reactive ketones (excluding diaryl/α,β-unsaturated/α-hetero) is 1. The van der Waals surface area contributed by atoms with Crippen molar-refractivity contribution < 1.29 is 20.1 Å². The molecule has 0 saturated heterocycles. The summed E-state index contributed by atoms with van der Waals surface area (Å²) in [6.45, 7) is 6.37. The number of hydrogen-bond acceptors (Lipinski definition) is 4. The molecule has 4 rings (SSSR count). The van der Waals surface area contributed by atoms with E-state index in [4.69, 9.17) is 0 Å². The zero-order chi connectivity index (χ0) is 17.5. The van der Waals surface area contributed by atoms with E-state index in [1.54, 1.807) is 0 Å². The van der Waals surface area contributed by atoms with Crippen LogP contribution in [0.2, 0.25) is 0 Å². The Bertz CT molecular complexity index is 554. The van der Waals surface area contributed by atoms with Crippen LogP contribution in [0.4, 0.5) is 0 Å². The standard InChI is InChI=1S/C20H32O4/c1-18-8-6-14-12(13(18)7-9-19(18,2)24)5-4-11-10-15(21)16(22)17(23)20(11,14)3/h11-14,16-17,22-24H,4-10H2,1-3H3/t11?,12-,13-,14-,16?,17?,18-,19?,20-/m0/s1. The smallest absolute Gasteiger partial charge is 0.164 e.